The van der Waals surface area contributed by atoms with Crippen LogP contribution in [0.15, 0.2) is 48.7 Å². The molecule has 0 fully saturated rings. The first-order valence-electron chi connectivity index (χ1n) is 8.42. The third-order valence-electron chi connectivity index (χ3n) is 4.13. The fraction of sp³-hybridized carbons (Fsp3) is 0.200. The molecule has 0 saturated carbocycles. The van der Waals surface area contributed by atoms with Crippen molar-refractivity contribution in [3.8, 4) is 5.75 Å². The van der Waals surface area contributed by atoms with E-state index in [1.165, 1.54) is 18.3 Å². The quantitative estimate of drug-likeness (QED) is 0.621. The van der Waals surface area contributed by atoms with Gasteiger partial charge < -0.3 is 9.84 Å². The van der Waals surface area contributed by atoms with Crippen molar-refractivity contribution in [2.75, 3.05) is 6.61 Å². The summed E-state index contributed by atoms with van der Waals surface area (Å²) in [5.74, 6) is -1.17. The highest BCUT2D eigenvalue weighted by Crippen LogP contribution is 2.36. The van der Waals surface area contributed by atoms with Crippen molar-refractivity contribution in [1.29, 1.82) is 0 Å². The fourth-order valence-electron chi connectivity index (χ4n) is 2.83. The molecule has 27 heavy (non-hydrogen) atoms. The van der Waals surface area contributed by atoms with Crippen LogP contribution in [0.3, 0.4) is 0 Å². The maximum atomic E-state index is 13.9. The molecule has 0 saturated heterocycles. The van der Waals surface area contributed by atoms with Gasteiger partial charge in [0.2, 0.25) is 0 Å². The lowest BCUT2D eigenvalue weighted by Gasteiger charge is -2.20. The smallest absolute Gasteiger partial charge is 0.327 e. The molecule has 140 valence electrons. The van der Waals surface area contributed by atoms with E-state index in [9.17, 15) is 14.3 Å². The van der Waals surface area contributed by atoms with Gasteiger partial charge in [-0.1, -0.05) is 29.8 Å². The number of hydrogen-bond acceptors (Lipinski definition) is 5. The third-order valence-corrected chi connectivity index (χ3v) is 4.45. The molecular formula is C20H18ClFN2O3. The van der Waals surface area contributed by atoms with Crippen molar-refractivity contribution < 1.29 is 19.0 Å². The van der Waals surface area contributed by atoms with E-state index in [-0.39, 0.29) is 30.0 Å². The minimum Gasteiger partial charge on any atom is -0.505 e. The molecule has 1 aromatic heterocycles. The first-order valence-corrected chi connectivity index (χ1v) is 8.80. The summed E-state index contributed by atoms with van der Waals surface area (Å²) in [7, 11) is 0. The Morgan fingerprint density at radius 1 is 1.33 bits per heavy atom. The van der Waals surface area contributed by atoms with Gasteiger partial charge in [-0.3, -0.25) is 10.3 Å². The number of phenolic OH excluding ortho intramolecular Hbond substituents is 1. The molecule has 0 aliphatic carbocycles. The largest absolute Gasteiger partial charge is 0.505 e. The standard InChI is InChI=1S/C20H18ClFN2O3/c1-2-27-20(26)18(24-11-12-6-3-4-8-16(12)22)14-10-15(21)13-7-5-9-23-17(13)19(14)25/h3-10,18,24-25H,2,11H2,1H3. The van der Waals surface area contributed by atoms with E-state index in [1.54, 1.807) is 37.3 Å². The number of phenols is 1. The number of aromatic nitrogens is 1. The van der Waals surface area contributed by atoms with Gasteiger partial charge in [-0.25, -0.2) is 9.18 Å². The molecule has 0 aliphatic rings. The van der Waals surface area contributed by atoms with Gasteiger partial charge in [-0.2, -0.15) is 0 Å². The van der Waals surface area contributed by atoms with Crippen LogP contribution in [0.1, 0.15) is 24.1 Å². The Labute approximate surface area is 160 Å². The van der Waals surface area contributed by atoms with E-state index >= 15 is 0 Å². The maximum Gasteiger partial charge on any atom is 0.327 e. The molecule has 2 N–H and O–H groups in total. The molecule has 0 bridgehead atoms. The van der Waals surface area contributed by atoms with Crippen LogP contribution in [0.2, 0.25) is 5.02 Å². The number of halogens is 2. The zero-order valence-electron chi connectivity index (χ0n) is 14.6. The highest BCUT2D eigenvalue weighted by Gasteiger charge is 2.27. The third kappa shape index (κ3) is 4.02. The van der Waals surface area contributed by atoms with E-state index in [0.717, 1.165) is 0 Å². The van der Waals surface area contributed by atoms with Gasteiger partial charge in [0.25, 0.3) is 0 Å². The second-order valence-electron chi connectivity index (χ2n) is 5.85. The summed E-state index contributed by atoms with van der Waals surface area (Å²) >= 11 is 6.31. The molecule has 0 radical (unpaired) electrons. The molecule has 3 aromatic rings. The Kier molecular flexibility index (Phi) is 5.88. The van der Waals surface area contributed by atoms with Gasteiger partial charge in [0.1, 0.15) is 23.1 Å². The molecule has 2 aromatic carbocycles. The molecule has 1 atom stereocenters. The van der Waals surface area contributed by atoms with Crippen LogP contribution < -0.4 is 5.32 Å². The lowest BCUT2D eigenvalue weighted by atomic mass is 10.0. The topological polar surface area (TPSA) is 71.5 Å². The van der Waals surface area contributed by atoms with Crippen molar-refractivity contribution in [2.45, 2.75) is 19.5 Å². The lowest BCUT2D eigenvalue weighted by Crippen LogP contribution is -2.30. The van der Waals surface area contributed by atoms with Gasteiger partial charge in [0.15, 0.2) is 0 Å². The predicted molar refractivity (Wildman–Crippen MR) is 101 cm³/mol. The Bertz CT molecular complexity index is 981. The molecule has 0 aliphatic heterocycles. The Hall–Kier alpha value is -2.70. The molecule has 3 rings (SSSR count). The molecule has 0 amide bonds. The lowest BCUT2D eigenvalue weighted by molar-refractivity contribution is -0.146. The number of nitrogens with zero attached hydrogens (tertiary/aromatic N) is 1. The first-order chi connectivity index (χ1) is 13.0. The number of pyridine rings is 1. The molecule has 0 spiro atoms. The van der Waals surface area contributed by atoms with Crippen molar-refractivity contribution in [2.24, 2.45) is 0 Å². The average molecular weight is 389 g/mol. The highest BCUT2D eigenvalue weighted by molar-refractivity contribution is 6.35. The summed E-state index contributed by atoms with van der Waals surface area (Å²) in [6.45, 7) is 1.91. The highest BCUT2D eigenvalue weighted by atomic mass is 35.5. The van der Waals surface area contributed by atoms with Crippen LogP contribution >= 0.6 is 11.6 Å². The molecule has 7 heteroatoms. The van der Waals surface area contributed by atoms with Crippen LogP contribution in [-0.2, 0) is 16.1 Å². The van der Waals surface area contributed by atoms with Crippen molar-refractivity contribution in [3.05, 3.63) is 70.6 Å². The summed E-state index contributed by atoms with van der Waals surface area (Å²) in [5, 5.41) is 14.5. The van der Waals surface area contributed by atoms with Gasteiger partial charge in [0, 0.05) is 29.3 Å². The number of aromatic hydroxyl groups is 1. The van der Waals surface area contributed by atoms with Crippen molar-refractivity contribution in [3.63, 3.8) is 0 Å². The molecule has 5 nitrogen and oxygen atoms in total. The summed E-state index contributed by atoms with van der Waals surface area (Å²) in [6, 6.07) is 10.1. The SMILES string of the molecule is CCOC(=O)C(NCc1ccccc1F)c1cc(Cl)c2cccnc2c1O. The molecule has 1 unspecified atom stereocenters. The van der Waals surface area contributed by atoms with Crippen LogP contribution in [0, 0.1) is 5.82 Å². The zero-order valence-corrected chi connectivity index (χ0v) is 15.3. The van der Waals surface area contributed by atoms with Gasteiger partial charge >= 0.3 is 5.97 Å². The Morgan fingerprint density at radius 3 is 2.85 bits per heavy atom. The normalized spacial score (nSPS) is 12.1. The second-order valence-corrected chi connectivity index (χ2v) is 6.26. The van der Waals surface area contributed by atoms with E-state index in [4.69, 9.17) is 16.3 Å². The van der Waals surface area contributed by atoms with Crippen LogP contribution in [-0.4, -0.2) is 22.7 Å². The van der Waals surface area contributed by atoms with Gasteiger partial charge in [-0.15, -0.1) is 0 Å². The van der Waals surface area contributed by atoms with E-state index in [0.29, 0.717) is 16.0 Å². The maximum absolute atomic E-state index is 13.9. The number of esters is 1. The summed E-state index contributed by atoms with van der Waals surface area (Å²) in [5.41, 5.74) is 0.888. The summed E-state index contributed by atoms with van der Waals surface area (Å²) < 4.78 is 19.0. The van der Waals surface area contributed by atoms with Gasteiger partial charge in [-0.05, 0) is 31.2 Å². The van der Waals surface area contributed by atoms with E-state index in [2.05, 4.69) is 10.3 Å². The number of ether oxygens (including phenoxy) is 1. The number of hydrogen-bond donors (Lipinski definition) is 2. The number of rotatable bonds is 6. The Morgan fingerprint density at radius 2 is 2.11 bits per heavy atom. The minimum atomic E-state index is -1.03. The van der Waals surface area contributed by atoms with Crippen molar-refractivity contribution >= 4 is 28.5 Å². The number of nitrogens with one attached hydrogen (secondary N) is 1. The zero-order chi connectivity index (χ0) is 19.4. The fourth-order valence-corrected chi connectivity index (χ4v) is 3.10. The number of fused-ring (bicyclic) bond motifs is 1. The van der Waals surface area contributed by atoms with Crippen LogP contribution in [0.4, 0.5) is 4.39 Å². The second kappa shape index (κ2) is 8.33. The minimum absolute atomic E-state index is 0.0630. The van der Waals surface area contributed by atoms with Crippen LogP contribution in [0.25, 0.3) is 10.9 Å². The van der Waals surface area contributed by atoms with Gasteiger partial charge in [0.05, 0.1) is 11.6 Å². The van der Waals surface area contributed by atoms with E-state index in [1.807, 2.05) is 0 Å². The van der Waals surface area contributed by atoms with Crippen molar-refractivity contribution in [1.82, 2.24) is 10.3 Å². The van der Waals surface area contributed by atoms with E-state index < -0.39 is 17.8 Å². The Balaban J connectivity index is 2.01. The number of carbonyl (C=O) groups excluding carboxylic acids is 1. The summed E-state index contributed by atoms with van der Waals surface area (Å²) in [4.78, 5) is 16.6. The van der Waals surface area contributed by atoms with Crippen LogP contribution in [0.5, 0.6) is 5.75 Å². The molecule has 1 heterocycles. The number of benzene rings is 2. The predicted octanol–water partition coefficient (Wildman–Crippen LogP) is 4.13. The first kappa shape index (κ1) is 19.1. The number of carbonyl (C=O) groups is 1. The summed E-state index contributed by atoms with van der Waals surface area (Å²) in [6.07, 6.45) is 1.52. The monoisotopic (exact) mass is 388 g/mol. The molecular weight excluding hydrogens is 371 g/mol. The average Bonchev–Trinajstić information content (AvgIpc) is 2.67.